The molecule has 1 fully saturated rings. The van der Waals surface area contributed by atoms with Crippen molar-refractivity contribution in [2.24, 2.45) is 0 Å². The van der Waals surface area contributed by atoms with Crippen molar-refractivity contribution < 1.29 is 8.42 Å². The zero-order chi connectivity index (χ0) is 19.4. The number of hydrogen-bond acceptors (Lipinski definition) is 4. The predicted octanol–water partition coefficient (Wildman–Crippen LogP) is 3.81. The number of sulfonamides is 1. The Labute approximate surface area is 166 Å². The predicted molar refractivity (Wildman–Crippen MR) is 115 cm³/mol. The van der Waals surface area contributed by atoms with Crippen LogP contribution in [0, 0.1) is 0 Å². The van der Waals surface area contributed by atoms with Gasteiger partial charge < -0.3 is 9.80 Å². The molecule has 0 aliphatic carbocycles. The Hall–Kier alpha value is -2.99. The van der Waals surface area contributed by atoms with E-state index in [2.05, 4.69) is 38.8 Å². The van der Waals surface area contributed by atoms with Crippen molar-refractivity contribution >= 4 is 27.1 Å². The highest BCUT2D eigenvalue weighted by Gasteiger charge is 2.18. The molecule has 0 saturated carbocycles. The first-order valence-electron chi connectivity index (χ1n) is 9.35. The molecule has 0 aromatic heterocycles. The van der Waals surface area contributed by atoms with E-state index in [0.29, 0.717) is 5.69 Å². The highest BCUT2D eigenvalue weighted by molar-refractivity contribution is 7.92. The van der Waals surface area contributed by atoms with Gasteiger partial charge in [-0.2, -0.15) is 0 Å². The van der Waals surface area contributed by atoms with E-state index in [1.165, 1.54) is 5.69 Å². The van der Waals surface area contributed by atoms with Gasteiger partial charge in [0.05, 0.1) is 4.90 Å². The molecule has 144 valence electrons. The fourth-order valence-corrected chi connectivity index (χ4v) is 4.50. The molecule has 5 nitrogen and oxygen atoms in total. The molecule has 4 rings (SSSR count). The first kappa shape index (κ1) is 18.4. The summed E-state index contributed by atoms with van der Waals surface area (Å²) in [5, 5.41) is 0. The van der Waals surface area contributed by atoms with Crippen molar-refractivity contribution in [1.29, 1.82) is 0 Å². The van der Waals surface area contributed by atoms with Gasteiger partial charge in [-0.1, -0.05) is 36.4 Å². The lowest BCUT2D eigenvalue weighted by molar-refractivity contribution is 0.601. The van der Waals surface area contributed by atoms with E-state index in [4.69, 9.17) is 0 Å². The van der Waals surface area contributed by atoms with E-state index in [1.807, 2.05) is 30.3 Å². The molecule has 0 atom stereocenters. The molecular formula is C22H23N3O2S. The van der Waals surface area contributed by atoms with Gasteiger partial charge in [-0.15, -0.1) is 0 Å². The van der Waals surface area contributed by atoms with Crippen molar-refractivity contribution in [3.63, 3.8) is 0 Å². The maximum atomic E-state index is 12.4. The Morgan fingerprint density at radius 1 is 0.607 bits per heavy atom. The molecular weight excluding hydrogens is 370 g/mol. The molecule has 0 amide bonds. The molecule has 0 unspecified atom stereocenters. The lowest BCUT2D eigenvalue weighted by Gasteiger charge is -2.37. The van der Waals surface area contributed by atoms with Crippen molar-refractivity contribution in [3.8, 4) is 0 Å². The molecule has 1 heterocycles. The molecule has 1 saturated heterocycles. The second-order valence-electron chi connectivity index (χ2n) is 6.78. The van der Waals surface area contributed by atoms with Crippen LogP contribution >= 0.6 is 0 Å². The summed E-state index contributed by atoms with van der Waals surface area (Å²) in [5.41, 5.74) is 2.93. The van der Waals surface area contributed by atoms with Crippen LogP contribution in [0.1, 0.15) is 0 Å². The molecule has 1 aliphatic heterocycles. The maximum Gasteiger partial charge on any atom is 0.261 e. The molecule has 1 N–H and O–H groups in total. The highest BCUT2D eigenvalue weighted by atomic mass is 32.2. The van der Waals surface area contributed by atoms with Gasteiger partial charge >= 0.3 is 0 Å². The van der Waals surface area contributed by atoms with Crippen LogP contribution < -0.4 is 14.5 Å². The average Bonchev–Trinajstić information content (AvgIpc) is 2.75. The monoisotopic (exact) mass is 393 g/mol. The minimum atomic E-state index is -3.56. The minimum absolute atomic E-state index is 0.260. The summed E-state index contributed by atoms with van der Waals surface area (Å²) in [6.45, 7) is 3.80. The van der Waals surface area contributed by atoms with Crippen molar-refractivity contribution in [1.82, 2.24) is 0 Å². The van der Waals surface area contributed by atoms with Gasteiger partial charge in [-0.3, -0.25) is 4.72 Å². The normalized spacial score (nSPS) is 14.7. The number of para-hydroxylation sites is 1. The molecule has 0 spiro atoms. The van der Waals surface area contributed by atoms with E-state index >= 15 is 0 Å². The summed E-state index contributed by atoms with van der Waals surface area (Å²) in [4.78, 5) is 4.98. The third-order valence-electron chi connectivity index (χ3n) is 4.94. The van der Waals surface area contributed by atoms with Crippen LogP contribution in [-0.4, -0.2) is 34.6 Å². The standard InChI is InChI=1S/C22H23N3O2S/c26-28(27,22-9-5-2-6-10-22)23-19-11-13-21(14-12-19)25-17-15-24(16-18-25)20-7-3-1-4-8-20/h1-14,23H,15-18H2. The summed E-state index contributed by atoms with van der Waals surface area (Å²) < 4.78 is 27.5. The minimum Gasteiger partial charge on any atom is -0.368 e. The van der Waals surface area contributed by atoms with Crippen LogP contribution in [0.3, 0.4) is 0 Å². The van der Waals surface area contributed by atoms with Crippen LogP contribution in [0.5, 0.6) is 0 Å². The molecule has 1 aliphatic rings. The van der Waals surface area contributed by atoms with Crippen molar-refractivity contribution in [2.45, 2.75) is 4.90 Å². The average molecular weight is 394 g/mol. The third-order valence-corrected chi connectivity index (χ3v) is 6.34. The second-order valence-corrected chi connectivity index (χ2v) is 8.46. The SMILES string of the molecule is O=S(=O)(Nc1ccc(N2CCN(c3ccccc3)CC2)cc1)c1ccccc1. The summed E-state index contributed by atoms with van der Waals surface area (Å²) in [5.74, 6) is 0. The van der Waals surface area contributed by atoms with Gasteiger partial charge in [-0.25, -0.2) is 8.42 Å². The van der Waals surface area contributed by atoms with Gasteiger partial charge in [0.15, 0.2) is 0 Å². The zero-order valence-corrected chi connectivity index (χ0v) is 16.3. The fourth-order valence-electron chi connectivity index (χ4n) is 3.42. The van der Waals surface area contributed by atoms with Crippen LogP contribution in [0.25, 0.3) is 0 Å². The van der Waals surface area contributed by atoms with Crippen LogP contribution in [0.2, 0.25) is 0 Å². The summed E-state index contributed by atoms with van der Waals surface area (Å²) in [6, 6.07) is 26.4. The Bertz CT molecular complexity index is 999. The second kappa shape index (κ2) is 7.94. The zero-order valence-electron chi connectivity index (χ0n) is 15.5. The van der Waals surface area contributed by atoms with Crippen LogP contribution in [-0.2, 0) is 10.0 Å². The number of piperazine rings is 1. The van der Waals surface area contributed by atoms with Crippen molar-refractivity contribution in [2.75, 3.05) is 40.7 Å². The molecule has 6 heteroatoms. The van der Waals surface area contributed by atoms with Crippen molar-refractivity contribution in [3.05, 3.63) is 84.9 Å². The lowest BCUT2D eigenvalue weighted by atomic mass is 10.2. The number of anilines is 3. The maximum absolute atomic E-state index is 12.4. The molecule has 3 aromatic rings. The molecule has 28 heavy (non-hydrogen) atoms. The smallest absolute Gasteiger partial charge is 0.261 e. The quantitative estimate of drug-likeness (QED) is 0.716. The summed E-state index contributed by atoms with van der Waals surface area (Å²) >= 11 is 0. The number of nitrogens with zero attached hydrogens (tertiary/aromatic N) is 2. The Morgan fingerprint density at radius 2 is 1.07 bits per heavy atom. The largest absolute Gasteiger partial charge is 0.368 e. The highest BCUT2D eigenvalue weighted by Crippen LogP contribution is 2.23. The van der Waals surface area contributed by atoms with E-state index in [0.717, 1.165) is 31.9 Å². The van der Waals surface area contributed by atoms with E-state index in [9.17, 15) is 8.42 Å². The topological polar surface area (TPSA) is 52.7 Å². The van der Waals surface area contributed by atoms with Crippen LogP contribution in [0.15, 0.2) is 89.8 Å². The summed E-state index contributed by atoms with van der Waals surface area (Å²) in [6.07, 6.45) is 0. The van der Waals surface area contributed by atoms with E-state index in [-0.39, 0.29) is 4.90 Å². The molecule has 0 radical (unpaired) electrons. The first-order valence-corrected chi connectivity index (χ1v) is 10.8. The third kappa shape index (κ3) is 4.12. The Kier molecular flexibility index (Phi) is 5.21. The Morgan fingerprint density at radius 3 is 1.61 bits per heavy atom. The number of nitrogens with one attached hydrogen (secondary N) is 1. The van der Waals surface area contributed by atoms with E-state index < -0.39 is 10.0 Å². The lowest BCUT2D eigenvalue weighted by Crippen LogP contribution is -2.46. The van der Waals surface area contributed by atoms with Gasteiger partial charge in [0, 0.05) is 43.2 Å². The number of hydrogen-bond donors (Lipinski definition) is 1. The first-order chi connectivity index (χ1) is 13.6. The Balaban J connectivity index is 1.39. The van der Waals surface area contributed by atoms with Crippen LogP contribution in [0.4, 0.5) is 17.1 Å². The summed E-state index contributed by atoms with van der Waals surface area (Å²) in [7, 11) is -3.56. The molecule has 0 bridgehead atoms. The molecule has 3 aromatic carbocycles. The number of benzene rings is 3. The van der Waals surface area contributed by atoms with Gasteiger partial charge in [0.2, 0.25) is 0 Å². The van der Waals surface area contributed by atoms with Gasteiger partial charge in [-0.05, 0) is 48.5 Å². The van der Waals surface area contributed by atoms with E-state index in [1.54, 1.807) is 30.3 Å². The fraction of sp³-hybridized carbons (Fsp3) is 0.182. The number of rotatable bonds is 5. The van der Waals surface area contributed by atoms with Gasteiger partial charge in [0.25, 0.3) is 10.0 Å². The van der Waals surface area contributed by atoms with Gasteiger partial charge in [0.1, 0.15) is 0 Å².